The fourth-order valence-corrected chi connectivity index (χ4v) is 1.97. The number of rotatable bonds is 7. The predicted molar refractivity (Wildman–Crippen MR) is 79.8 cm³/mol. The van der Waals surface area contributed by atoms with E-state index in [0.717, 1.165) is 25.8 Å². The Morgan fingerprint density at radius 2 is 1.84 bits per heavy atom. The van der Waals surface area contributed by atoms with Gasteiger partial charge >= 0.3 is 0 Å². The van der Waals surface area contributed by atoms with Crippen LogP contribution in [-0.4, -0.2) is 30.4 Å². The summed E-state index contributed by atoms with van der Waals surface area (Å²) in [5.41, 5.74) is 7.22. The Labute approximate surface area is 116 Å². The molecule has 1 amide bonds. The van der Waals surface area contributed by atoms with Crippen molar-refractivity contribution in [3.8, 4) is 0 Å². The van der Waals surface area contributed by atoms with Crippen LogP contribution in [0.25, 0.3) is 0 Å². The zero-order chi connectivity index (χ0) is 14.3. The number of carbonyl (C=O) groups excluding carboxylic acids is 1. The molecule has 0 aliphatic heterocycles. The van der Waals surface area contributed by atoms with E-state index in [1.165, 1.54) is 5.56 Å². The lowest BCUT2D eigenvalue weighted by atomic mass is 10.0. The molecule has 1 atom stereocenters. The highest BCUT2D eigenvalue weighted by atomic mass is 16.2. The molecule has 0 spiro atoms. The summed E-state index contributed by atoms with van der Waals surface area (Å²) < 4.78 is 0. The van der Waals surface area contributed by atoms with Crippen LogP contribution in [-0.2, 0) is 11.2 Å². The average Bonchev–Trinajstić information content (AvgIpc) is 2.42. The van der Waals surface area contributed by atoms with Crippen molar-refractivity contribution in [2.75, 3.05) is 13.6 Å². The van der Waals surface area contributed by atoms with Gasteiger partial charge in [-0.3, -0.25) is 4.79 Å². The quantitative estimate of drug-likeness (QED) is 0.767. The number of carbonyl (C=O) groups is 1. The van der Waals surface area contributed by atoms with Gasteiger partial charge in [-0.25, -0.2) is 0 Å². The Kier molecular flexibility index (Phi) is 6.57. The molecule has 0 aliphatic carbocycles. The van der Waals surface area contributed by atoms with Crippen molar-refractivity contribution in [3.05, 3.63) is 35.9 Å². The van der Waals surface area contributed by atoms with Gasteiger partial charge in [0.05, 0.1) is 6.04 Å². The predicted octanol–water partition coefficient (Wildman–Crippen LogP) is 2.45. The number of nitrogens with two attached hydrogens (primary N) is 1. The first-order valence-corrected chi connectivity index (χ1v) is 7.07. The van der Waals surface area contributed by atoms with Gasteiger partial charge in [0.25, 0.3) is 0 Å². The number of benzene rings is 1. The van der Waals surface area contributed by atoms with Gasteiger partial charge in [-0.2, -0.15) is 0 Å². The van der Waals surface area contributed by atoms with Crippen molar-refractivity contribution in [2.24, 2.45) is 11.7 Å². The molecule has 1 aromatic carbocycles. The molecule has 0 bridgehead atoms. The Bertz CT molecular complexity index is 376. The molecule has 0 unspecified atom stereocenters. The van der Waals surface area contributed by atoms with Crippen molar-refractivity contribution in [2.45, 2.75) is 39.2 Å². The number of amides is 1. The molecule has 0 heterocycles. The Morgan fingerprint density at radius 3 is 2.42 bits per heavy atom. The molecule has 19 heavy (non-hydrogen) atoms. The maximum Gasteiger partial charge on any atom is 0.239 e. The van der Waals surface area contributed by atoms with Crippen molar-refractivity contribution < 1.29 is 4.79 Å². The Morgan fingerprint density at radius 1 is 1.21 bits per heavy atom. The molecule has 0 aromatic heterocycles. The van der Waals surface area contributed by atoms with Gasteiger partial charge in [-0.1, -0.05) is 44.2 Å². The molecule has 3 heteroatoms. The van der Waals surface area contributed by atoms with Gasteiger partial charge in [0.2, 0.25) is 5.91 Å². The normalized spacial score (nSPS) is 12.5. The summed E-state index contributed by atoms with van der Waals surface area (Å²) in [5.74, 6) is 0.244. The molecular formula is C16H26N2O. The number of unbranched alkanes of at least 4 members (excludes halogenated alkanes) is 1. The van der Waals surface area contributed by atoms with Crippen LogP contribution < -0.4 is 5.73 Å². The van der Waals surface area contributed by atoms with Gasteiger partial charge < -0.3 is 10.6 Å². The van der Waals surface area contributed by atoms with E-state index in [-0.39, 0.29) is 17.9 Å². The second-order valence-corrected chi connectivity index (χ2v) is 5.47. The van der Waals surface area contributed by atoms with Crippen LogP contribution in [0, 0.1) is 5.92 Å². The lowest BCUT2D eigenvalue weighted by Crippen LogP contribution is -2.45. The number of hydrogen-bond donors (Lipinski definition) is 1. The summed E-state index contributed by atoms with van der Waals surface area (Å²) in [5, 5.41) is 0. The van der Waals surface area contributed by atoms with Crippen LogP contribution in [0.1, 0.15) is 32.3 Å². The summed E-state index contributed by atoms with van der Waals surface area (Å²) in [6, 6.07) is 10.1. The van der Waals surface area contributed by atoms with Crippen LogP contribution in [0.5, 0.6) is 0 Å². The molecule has 0 saturated heterocycles. The van der Waals surface area contributed by atoms with E-state index in [4.69, 9.17) is 5.73 Å². The zero-order valence-electron chi connectivity index (χ0n) is 12.3. The maximum absolute atomic E-state index is 11.9. The minimum absolute atomic E-state index is 0.0507. The topological polar surface area (TPSA) is 46.3 Å². The number of nitrogens with zero attached hydrogens (tertiary/aromatic N) is 1. The highest BCUT2D eigenvalue weighted by molar-refractivity contribution is 5.81. The molecule has 106 valence electrons. The third-order valence-electron chi connectivity index (χ3n) is 3.43. The molecule has 1 aromatic rings. The Balaban J connectivity index is 2.24. The van der Waals surface area contributed by atoms with E-state index < -0.39 is 0 Å². The minimum Gasteiger partial charge on any atom is -0.344 e. The number of aryl methyl sites for hydroxylation is 1. The second kappa shape index (κ2) is 7.95. The third-order valence-corrected chi connectivity index (χ3v) is 3.43. The lowest BCUT2D eigenvalue weighted by molar-refractivity contribution is -0.132. The van der Waals surface area contributed by atoms with Crippen LogP contribution in [0.3, 0.4) is 0 Å². The molecule has 0 saturated carbocycles. The van der Waals surface area contributed by atoms with E-state index >= 15 is 0 Å². The van der Waals surface area contributed by atoms with Crippen molar-refractivity contribution in [1.82, 2.24) is 4.90 Å². The summed E-state index contributed by atoms with van der Waals surface area (Å²) in [6.45, 7) is 4.74. The summed E-state index contributed by atoms with van der Waals surface area (Å²) in [4.78, 5) is 13.7. The SMILES string of the molecule is CC(C)[C@@H](N)C(=O)N(C)CCCCc1ccccc1. The lowest BCUT2D eigenvalue weighted by Gasteiger charge is -2.23. The van der Waals surface area contributed by atoms with Gasteiger partial charge in [-0.05, 0) is 30.7 Å². The molecule has 1 rings (SSSR count). The number of likely N-dealkylation sites (N-methyl/N-ethyl adjacent to an activating group) is 1. The van der Waals surface area contributed by atoms with E-state index in [1.807, 2.05) is 27.0 Å². The molecule has 0 aliphatic rings. The molecular weight excluding hydrogens is 236 g/mol. The number of hydrogen-bond acceptors (Lipinski definition) is 2. The van der Waals surface area contributed by atoms with E-state index in [1.54, 1.807) is 4.90 Å². The first-order chi connectivity index (χ1) is 9.02. The zero-order valence-corrected chi connectivity index (χ0v) is 12.3. The monoisotopic (exact) mass is 262 g/mol. The highest BCUT2D eigenvalue weighted by Crippen LogP contribution is 2.07. The van der Waals surface area contributed by atoms with Crippen LogP contribution in [0.15, 0.2) is 30.3 Å². The Hall–Kier alpha value is -1.35. The molecule has 0 radical (unpaired) electrons. The summed E-state index contributed by atoms with van der Waals surface area (Å²) in [6.07, 6.45) is 3.18. The largest absolute Gasteiger partial charge is 0.344 e. The van der Waals surface area contributed by atoms with Crippen LogP contribution in [0.2, 0.25) is 0 Å². The van der Waals surface area contributed by atoms with E-state index in [2.05, 4.69) is 24.3 Å². The van der Waals surface area contributed by atoms with Crippen LogP contribution >= 0.6 is 0 Å². The molecule has 3 nitrogen and oxygen atoms in total. The van der Waals surface area contributed by atoms with Gasteiger partial charge in [0, 0.05) is 13.6 Å². The first-order valence-electron chi connectivity index (χ1n) is 7.07. The van der Waals surface area contributed by atoms with E-state index in [9.17, 15) is 4.79 Å². The molecule has 0 fully saturated rings. The highest BCUT2D eigenvalue weighted by Gasteiger charge is 2.20. The van der Waals surface area contributed by atoms with E-state index in [0.29, 0.717) is 0 Å². The van der Waals surface area contributed by atoms with Crippen molar-refractivity contribution in [1.29, 1.82) is 0 Å². The second-order valence-electron chi connectivity index (χ2n) is 5.47. The van der Waals surface area contributed by atoms with Crippen molar-refractivity contribution in [3.63, 3.8) is 0 Å². The molecule has 2 N–H and O–H groups in total. The van der Waals surface area contributed by atoms with Crippen molar-refractivity contribution >= 4 is 5.91 Å². The van der Waals surface area contributed by atoms with Gasteiger partial charge in [-0.15, -0.1) is 0 Å². The average molecular weight is 262 g/mol. The summed E-state index contributed by atoms with van der Waals surface area (Å²) >= 11 is 0. The smallest absolute Gasteiger partial charge is 0.239 e. The minimum atomic E-state index is -0.376. The summed E-state index contributed by atoms with van der Waals surface area (Å²) in [7, 11) is 1.84. The third kappa shape index (κ3) is 5.43. The fraction of sp³-hybridized carbons (Fsp3) is 0.562. The fourth-order valence-electron chi connectivity index (χ4n) is 1.97. The maximum atomic E-state index is 11.9. The van der Waals surface area contributed by atoms with Gasteiger partial charge in [0.1, 0.15) is 0 Å². The van der Waals surface area contributed by atoms with Crippen LogP contribution in [0.4, 0.5) is 0 Å². The first kappa shape index (κ1) is 15.7. The standard InChI is InChI=1S/C16H26N2O/c1-13(2)15(17)16(19)18(3)12-8-7-11-14-9-5-4-6-10-14/h4-6,9-10,13,15H,7-8,11-12,17H2,1-3H3/t15-/m1/s1. The van der Waals surface area contributed by atoms with Gasteiger partial charge in [0.15, 0.2) is 0 Å².